The van der Waals surface area contributed by atoms with Crippen LogP contribution in [0.25, 0.3) is 0 Å². The van der Waals surface area contributed by atoms with Gasteiger partial charge in [0.25, 0.3) is 5.91 Å². The van der Waals surface area contributed by atoms with Gasteiger partial charge in [-0.3, -0.25) is 4.79 Å². The summed E-state index contributed by atoms with van der Waals surface area (Å²) >= 11 is 0. The van der Waals surface area contributed by atoms with Gasteiger partial charge in [-0.05, 0) is 31.9 Å². The van der Waals surface area contributed by atoms with Crippen LogP contribution in [0.5, 0.6) is 0 Å². The summed E-state index contributed by atoms with van der Waals surface area (Å²) in [5, 5.41) is 8.74. The van der Waals surface area contributed by atoms with Crippen LogP contribution in [0.15, 0.2) is 24.3 Å². The number of nitrogens with zero attached hydrogens (tertiary/aromatic N) is 1. The van der Waals surface area contributed by atoms with Gasteiger partial charge < -0.3 is 10.0 Å². The Kier molecular flexibility index (Phi) is 4.01. The number of aliphatic hydroxyl groups excluding tert-OH is 1. The van der Waals surface area contributed by atoms with Crippen LogP contribution >= 0.6 is 0 Å². The van der Waals surface area contributed by atoms with Crippen LogP contribution in [0.2, 0.25) is 0 Å². The summed E-state index contributed by atoms with van der Waals surface area (Å²) in [6, 6.07) is 7.62. The van der Waals surface area contributed by atoms with Gasteiger partial charge in [-0.1, -0.05) is 24.0 Å². The molecule has 0 radical (unpaired) electrons. The van der Waals surface area contributed by atoms with E-state index in [0.29, 0.717) is 17.2 Å². The molecular weight excluding hydrogens is 226 g/mol. The quantitative estimate of drug-likeness (QED) is 0.762. The SMILES string of the molecule is CC1CCCN1C(=O)c1ccccc1C#CCO. The molecule has 1 N–H and O–H groups in total. The number of likely N-dealkylation sites (tertiary alicyclic amines) is 1. The van der Waals surface area contributed by atoms with Crippen molar-refractivity contribution < 1.29 is 9.90 Å². The fourth-order valence-electron chi connectivity index (χ4n) is 2.30. The molecule has 0 aliphatic carbocycles. The molecule has 1 aromatic carbocycles. The number of hydrogen-bond donors (Lipinski definition) is 1. The van der Waals surface area contributed by atoms with Gasteiger partial charge in [0.05, 0.1) is 5.56 Å². The summed E-state index contributed by atoms with van der Waals surface area (Å²) in [5.41, 5.74) is 1.32. The molecule has 1 heterocycles. The van der Waals surface area contributed by atoms with Crippen LogP contribution < -0.4 is 0 Å². The van der Waals surface area contributed by atoms with Crippen molar-refractivity contribution in [2.45, 2.75) is 25.8 Å². The lowest BCUT2D eigenvalue weighted by Gasteiger charge is -2.22. The fourth-order valence-corrected chi connectivity index (χ4v) is 2.30. The largest absolute Gasteiger partial charge is 0.384 e. The van der Waals surface area contributed by atoms with Gasteiger partial charge in [0.15, 0.2) is 0 Å². The predicted molar refractivity (Wildman–Crippen MR) is 70.1 cm³/mol. The van der Waals surface area contributed by atoms with Gasteiger partial charge in [-0.15, -0.1) is 0 Å². The van der Waals surface area contributed by atoms with Gasteiger partial charge in [0, 0.05) is 18.2 Å². The second-order valence-corrected chi connectivity index (χ2v) is 4.50. The highest BCUT2D eigenvalue weighted by Crippen LogP contribution is 2.20. The van der Waals surface area contributed by atoms with Crippen LogP contribution in [-0.4, -0.2) is 35.1 Å². The van der Waals surface area contributed by atoms with Crippen LogP contribution in [-0.2, 0) is 0 Å². The van der Waals surface area contributed by atoms with E-state index in [1.807, 2.05) is 23.1 Å². The molecule has 1 atom stereocenters. The Balaban J connectivity index is 2.30. The molecule has 1 amide bonds. The molecule has 3 nitrogen and oxygen atoms in total. The van der Waals surface area contributed by atoms with Crippen molar-refractivity contribution in [3.8, 4) is 11.8 Å². The summed E-state index contributed by atoms with van der Waals surface area (Å²) < 4.78 is 0. The van der Waals surface area contributed by atoms with Crippen molar-refractivity contribution >= 4 is 5.91 Å². The Labute approximate surface area is 107 Å². The summed E-state index contributed by atoms with van der Waals surface area (Å²) in [6.07, 6.45) is 2.13. The average Bonchev–Trinajstić information content (AvgIpc) is 2.82. The lowest BCUT2D eigenvalue weighted by atomic mass is 10.1. The van der Waals surface area contributed by atoms with E-state index in [1.165, 1.54) is 0 Å². The van der Waals surface area contributed by atoms with Crippen molar-refractivity contribution in [2.24, 2.45) is 0 Å². The standard InChI is InChI=1S/C15H17NO2/c1-12-6-4-10-16(12)15(18)14-9-3-2-7-13(14)8-5-11-17/h2-3,7,9,12,17H,4,6,10-11H2,1H3. The first kappa shape index (κ1) is 12.7. The van der Waals surface area contributed by atoms with Crippen LogP contribution in [0.4, 0.5) is 0 Å². The topological polar surface area (TPSA) is 40.5 Å². The van der Waals surface area contributed by atoms with E-state index in [9.17, 15) is 4.79 Å². The molecule has 0 saturated carbocycles. The van der Waals surface area contributed by atoms with E-state index < -0.39 is 0 Å². The highest BCUT2D eigenvalue weighted by molar-refractivity contribution is 5.97. The minimum atomic E-state index is -0.192. The number of benzene rings is 1. The van der Waals surface area contributed by atoms with Crippen LogP contribution in [0.1, 0.15) is 35.7 Å². The number of carbonyl (C=O) groups is 1. The lowest BCUT2D eigenvalue weighted by Crippen LogP contribution is -2.34. The third-order valence-corrected chi connectivity index (χ3v) is 3.27. The Morgan fingerprint density at radius 2 is 2.28 bits per heavy atom. The number of rotatable bonds is 1. The highest BCUT2D eigenvalue weighted by atomic mass is 16.2. The van der Waals surface area contributed by atoms with E-state index >= 15 is 0 Å². The van der Waals surface area contributed by atoms with Crippen molar-refractivity contribution in [1.29, 1.82) is 0 Å². The molecule has 94 valence electrons. The van der Waals surface area contributed by atoms with Gasteiger partial charge >= 0.3 is 0 Å². The molecule has 18 heavy (non-hydrogen) atoms. The van der Waals surface area contributed by atoms with Gasteiger partial charge in [0.2, 0.25) is 0 Å². The molecule has 1 aliphatic rings. The zero-order chi connectivity index (χ0) is 13.0. The minimum Gasteiger partial charge on any atom is -0.384 e. The molecule has 0 aromatic heterocycles. The molecule has 3 heteroatoms. The molecule has 2 rings (SSSR count). The molecule has 1 saturated heterocycles. The molecule has 1 unspecified atom stereocenters. The maximum atomic E-state index is 12.4. The number of carbonyl (C=O) groups excluding carboxylic acids is 1. The maximum absolute atomic E-state index is 12.4. The van der Waals surface area contributed by atoms with Gasteiger partial charge in [0.1, 0.15) is 6.61 Å². The smallest absolute Gasteiger partial charge is 0.255 e. The lowest BCUT2D eigenvalue weighted by molar-refractivity contribution is 0.0747. The fraction of sp³-hybridized carbons (Fsp3) is 0.400. The first-order valence-electron chi connectivity index (χ1n) is 6.23. The Morgan fingerprint density at radius 3 is 2.94 bits per heavy atom. The van der Waals surface area contributed by atoms with Crippen molar-refractivity contribution in [1.82, 2.24) is 4.90 Å². The third-order valence-electron chi connectivity index (χ3n) is 3.27. The van der Waals surface area contributed by atoms with Gasteiger partial charge in [-0.25, -0.2) is 0 Å². The van der Waals surface area contributed by atoms with Crippen LogP contribution in [0.3, 0.4) is 0 Å². The Morgan fingerprint density at radius 1 is 1.50 bits per heavy atom. The minimum absolute atomic E-state index is 0.0443. The molecular formula is C15H17NO2. The summed E-state index contributed by atoms with van der Waals surface area (Å²) in [6.45, 7) is 2.71. The number of aliphatic hydroxyl groups is 1. The summed E-state index contributed by atoms with van der Waals surface area (Å²) in [7, 11) is 0. The first-order chi connectivity index (χ1) is 8.74. The predicted octanol–water partition coefficient (Wildman–Crippen LogP) is 1.65. The van der Waals surface area contributed by atoms with Gasteiger partial charge in [-0.2, -0.15) is 0 Å². The van der Waals surface area contributed by atoms with E-state index in [1.54, 1.807) is 6.07 Å². The van der Waals surface area contributed by atoms with E-state index in [2.05, 4.69) is 18.8 Å². The van der Waals surface area contributed by atoms with Crippen molar-refractivity contribution in [3.05, 3.63) is 35.4 Å². The molecule has 1 aliphatic heterocycles. The van der Waals surface area contributed by atoms with E-state index in [-0.39, 0.29) is 12.5 Å². The van der Waals surface area contributed by atoms with Crippen molar-refractivity contribution in [3.63, 3.8) is 0 Å². The van der Waals surface area contributed by atoms with E-state index in [4.69, 9.17) is 5.11 Å². The molecule has 0 spiro atoms. The molecule has 1 aromatic rings. The van der Waals surface area contributed by atoms with Crippen molar-refractivity contribution in [2.75, 3.05) is 13.2 Å². The maximum Gasteiger partial charge on any atom is 0.255 e. The monoisotopic (exact) mass is 243 g/mol. The zero-order valence-electron chi connectivity index (χ0n) is 10.5. The number of hydrogen-bond acceptors (Lipinski definition) is 2. The Hall–Kier alpha value is -1.79. The zero-order valence-corrected chi connectivity index (χ0v) is 10.5. The Bertz CT molecular complexity index is 499. The third kappa shape index (κ3) is 2.55. The normalized spacial score (nSPS) is 18.3. The van der Waals surface area contributed by atoms with Crippen LogP contribution in [0, 0.1) is 11.8 Å². The average molecular weight is 243 g/mol. The molecule has 1 fully saturated rings. The summed E-state index contributed by atoms with van der Waals surface area (Å²) in [5.74, 6) is 5.48. The number of amides is 1. The van der Waals surface area contributed by atoms with E-state index in [0.717, 1.165) is 19.4 Å². The second-order valence-electron chi connectivity index (χ2n) is 4.50. The summed E-state index contributed by atoms with van der Waals surface area (Å²) in [4.78, 5) is 14.3. The highest BCUT2D eigenvalue weighted by Gasteiger charge is 2.26. The second kappa shape index (κ2) is 5.70. The molecule has 0 bridgehead atoms. The first-order valence-corrected chi connectivity index (χ1v) is 6.23.